The molecule has 1 aliphatic carbocycles. The SMILES string of the molecule is CCN1C(=O)c2c(O)c(=O)c(C(=O)NCc3cccc(Cl)c3F)cn2[C@H]2Cc3ccccc3[C@H]21. The van der Waals surface area contributed by atoms with Crippen LogP contribution >= 0.6 is 11.6 Å². The van der Waals surface area contributed by atoms with Crippen molar-refractivity contribution in [1.29, 1.82) is 0 Å². The Kier molecular flexibility index (Phi) is 5.40. The second kappa shape index (κ2) is 8.29. The van der Waals surface area contributed by atoms with Gasteiger partial charge in [-0.3, -0.25) is 14.4 Å². The van der Waals surface area contributed by atoms with Crippen molar-refractivity contribution in [2.45, 2.75) is 32.0 Å². The minimum Gasteiger partial charge on any atom is -0.503 e. The monoisotopic (exact) mass is 481 g/mol. The molecule has 3 aromatic rings. The molecule has 0 saturated carbocycles. The predicted molar refractivity (Wildman–Crippen MR) is 124 cm³/mol. The second-order valence-corrected chi connectivity index (χ2v) is 8.79. The van der Waals surface area contributed by atoms with Crippen molar-refractivity contribution in [2.24, 2.45) is 0 Å². The molecule has 1 aromatic heterocycles. The van der Waals surface area contributed by atoms with Crippen molar-refractivity contribution < 1.29 is 19.1 Å². The van der Waals surface area contributed by atoms with Crippen LogP contribution in [-0.4, -0.2) is 32.9 Å². The highest BCUT2D eigenvalue weighted by molar-refractivity contribution is 6.30. The Morgan fingerprint density at radius 1 is 1.21 bits per heavy atom. The molecule has 34 heavy (non-hydrogen) atoms. The maximum absolute atomic E-state index is 14.2. The molecule has 2 heterocycles. The fourth-order valence-electron chi connectivity index (χ4n) is 4.99. The topological polar surface area (TPSA) is 91.6 Å². The zero-order valence-electron chi connectivity index (χ0n) is 18.2. The van der Waals surface area contributed by atoms with Crippen molar-refractivity contribution in [1.82, 2.24) is 14.8 Å². The van der Waals surface area contributed by atoms with Crippen LogP contribution in [-0.2, 0) is 13.0 Å². The lowest BCUT2D eigenvalue weighted by molar-refractivity contribution is 0.0544. The summed E-state index contributed by atoms with van der Waals surface area (Å²) in [4.78, 5) is 40.7. The van der Waals surface area contributed by atoms with E-state index in [-0.39, 0.29) is 40.5 Å². The lowest BCUT2D eigenvalue weighted by Crippen LogP contribution is -2.46. The van der Waals surface area contributed by atoms with E-state index in [0.717, 1.165) is 11.1 Å². The van der Waals surface area contributed by atoms with Gasteiger partial charge in [-0.05, 0) is 30.5 Å². The number of rotatable bonds is 4. The first-order valence-corrected chi connectivity index (χ1v) is 11.3. The van der Waals surface area contributed by atoms with Crippen LogP contribution in [0.1, 0.15) is 56.5 Å². The van der Waals surface area contributed by atoms with E-state index < -0.39 is 28.8 Å². The third-order valence-corrected chi connectivity index (χ3v) is 6.88. The predicted octanol–water partition coefficient (Wildman–Crippen LogP) is 3.59. The van der Waals surface area contributed by atoms with E-state index >= 15 is 0 Å². The van der Waals surface area contributed by atoms with Gasteiger partial charge in [-0.1, -0.05) is 48.0 Å². The lowest BCUT2D eigenvalue weighted by atomic mass is 9.99. The van der Waals surface area contributed by atoms with Gasteiger partial charge in [0.2, 0.25) is 5.43 Å². The standard InChI is InChI=1S/C25H21ClFN3O4/c1-2-29-20-15-8-4-3-6-13(15)10-18(20)30-12-16(22(31)23(32)21(30)25(29)34)24(33)28-11-14-7-5-9-17(26)19(14)27/h3-9,12,18,20,32H,2,10-11H2,1H3,(H,28,33)/t18-,20+/m0/s1. The maximum atomic E-state index is 14.2. The molecule has 2 N–H and O–H groups in total. The average Bonchev–Trinajstić information content (AvgIpc) is 3.21. The number of amides is 2. The molecule has 174 valence electrons. The zero-order valence-corrected chi connectivity index (χ0v) is 19.0. The Bertz CT molecular complexity index is 1400. The number of fused-ring (bicyclic) bond motifs is 5. The molecule has 0 spiro atoms. The number of nitrogens with one attached hydrogen (secondary N) is 1. The van der Waals surface area contributed by atoms with E-state index in [0.29, 0.717) is 13.0 Å². The Labute approximate surface area is 199 Å². The number of halogens is 2. The molecular formula is C25H21ClFN3O4. The van der Waals surface area contributed by atoms with Gasteiger partial charge in [0.15, 0.2) is 11.4 Å². The summed E-state index contributed by atoms with van der Waals surface area (Å²) in [6.45, 7) is 2.04. The van der Waals surface area contributed by atoms with E-state index in [9.17, 15) is 23.9 Å². The molecule has 0 saturated heterocycles. The van der Waals surface area contributed by atoms with Gasteiger partial charge in [0.1, 0.15) is 11.4 Å². The highest BCUT2D eigenvalue weighted by atomic mass is 35.5. The van der Waals surface area contributed by atoms with Gasteiger partial charge in [0.05, 0.1) is 17.1 Å². The molecule has 2 amide bonds. The van der Waals surface area contributed by atoms with Gasteiger partial charge in [-0.2, -0.15) is 0 Å². The molecule has 7 nitrogen and oxygen atoms in total. The first kappa shape index (κ1) is 22.2. The smallest absolute Gasteiger partial charge is 0.275 e. The van der Waals surface area contributed by atoms with E-state index in [1.807, 2.05) is 31.2 Å². The molecule has 9 heteroatoms. The highest BCUT2D eigenvalue weighted by Crippen LogP contribution is 2.47. The summed E-state index contributed by atoms with van der Waals surface area (Å²) in [6, 6.07) is 11.6. The Balaban J connectivity index is 1.55. The fraction of sp³-hybridized carbons (Fsp3) is 0.240. The normalized spacial score (nSPS) is 18.3. The van der Waals surface area contributed by atoms with Crippen molar-refractivity contribution in [3.8, 4) is 5.75 Å². The summed E-state index contributed by atoms with van der Waals surface area (Å²) in [5, 5.41) is 13.2. The lowest BCUT2D eigenvalue weighted by Gasteiger charge is -2.40. The molecular weight excluding hydrogens is 461 g/mol. The van der Waals surface area contributed by atoms with Gasteiger partial charge >= 0.3 is 0 Å². The molecule has 1 aliphatic heterocycles. The van der Waals surface area contributed by atoms with Crippen LogP contribution in [0.15, 0.2) is 53.5 Å². The molecule has 0 unspecified atom stereocenters. The quantitative estimate of drug-likeness (QED) is 0.595. The third kappa shape index (κ3) is 3.28. The number of hydrogen-bond acceptors (Lipinski definition) is 4. The fourth-order valence-corrected chi connectivity index (χ4v) is 5.19. The van der Waals surface area contributed by atoms with Crippen LogP contribution in [0.2, 0.25) is 5.02 Å². The summed E-state index contributed by atoms with van der Waals surface area (Å²) in [5.41, 5.74) is 0.831. The molecule has 5 rings (SSSR count). The Morgan fingerprint density at radius 2 is 1.97 bits per heavy atom. The largest absolute Gasteiger partial charge is 0.503 e. The van der Waals surface area contributed by atoms with Gasteiger partial charge in [0, 0.05) is 24.8 Å². The van der Waals surface area contributed by atoms with E-state index in [4.69, 9.17) is 11.6 Å². The molecule has 0 fully saturated rings. The number of pyridine rings is 1. The first-order valence-electron chi connectivity index (χ1n) is 10.9. The van der Waals surface area contributed by atoms with E-state index in [1.54, 1.807) is 15.5 Å². The molecule has 0 radical (unpaired) electrons. The minimum atomic E-state index is -0.950. The van der Waals surface area contributed by atoms with Crippen LogP contribution in [0.5, 0.6) is 5.75 Å². The Hall–Kier alpha value is -3.65. The molecule has 2 aromatic carbocycles. The summed E-state index contributed by atoms with van der Waals surface area (Å²) < 4.78 is 15.7. The first-order chi connectivity index (χ1) is 16.3. The van der Waals surface area contributed by atoms with Crippen molar-refractivity contribution in [2.75, 3.05) is 6.54 Å². The molecule has 2 atom stereocenters. The third-order valence-electron chi connectivity index (χ3n) is 6.59. The number of benzene rings is 2. The zero-order chi connectivity index (χ0) is 24.1. The van der Waals surface area contributed by atoms with Crippen LogP contribution in [0.3, 0.4) is 0 Å². The second-order valence-electron chi connectivity index (χ2n) is 8.38. The number of aromatic hydroxyl groups is 1. The van der Waals surface area contributed by atoms with Crippen molar-refractivity contribution in [3.63, 3.8) is 0 Å². The number of carbonyl (C=O) groups excluding carboxylic acids is 2. The number of aromatic nitrogens is 1. The summed E-state index contributed by atoms with van der Waals surface area (Å²) in [7, 11) is 0. The minimum absolute atomic E-state index is 0.0796. The van der Waals surface area contributed by atoms with E-state index in [2.05, 4.69) is 5.32 Å². The number of hydrogen-bond donors (Lipinski definition) is 2. The number of carbonyl (C=O) groups is 2. The molecule has 0 bridgehead atoms. The van der Waals surface area contributed by atoms with Gasteiger partial charge in [-0.15, -0.1) is 0 Å². The van der Waals surface area contributed by atoms with Crippen molar-refractivity contribution in [3.05, 3.63) is 97.7 Å². The number of nitrogens with zero attached hydrogens (tertiary/aromatic N) is 2. The van der Waals surface area contributed by atoms with Crippen molar-refractivity contribution >= 4 is 23.4 Å². The average molecular weight is 482 g/mol. The number of likely N-dealkylation sites (N-methyl/N-ethyl adjacent to an activating group) is 1. The van der Waals surface area contributed by atoms with Crippen LogP contribution < -0.4 is 10.7 Å². The highest BCUT2D eigenvalue weighted by Gasteiger charge is 2.46. The van der Waals surface area contributed by atoms with Gasteiger partial charge < -0.3 is 19.9 Å². The summed E-state index contributed by atoms with van der Waals surface area (Å²) in [6.07, 6.45) is 1.91. The van der Waals surface area contributed by atoms with Crippen LogP contribution in [0, 0.1) is 5.82 Å². The summed E-state index contributed by atoms with van der Waals surface area (Å²) in [5.74, 6) is -2.68. The van der Waals surface area contributed by atoms with Gasteiger partial charge in [-0.25, -0.2) is 4.39 Å². The maximum Gasteiger partial charge on any atom is 0.275 e. The van der Waals surface area contributed by atoms with Crippen LogP contribution in [0.25, 0.3) is 0 Å². The van der Waals surface area contributed by atoms with Crippen LogP contribution in [0.4, 0.5) is 4.39 Å². The van der Waals surface area contributed by atoms with E-state index in [1.165, 1.54) is 18.3 Å². The molecule has 2 aliphatic rings. The van der Waals surface area contributed by atoms with Gasteiger partial charge in [0.25, 0.3) is 11.8 Å². The summed E-state index contributed by atoms with van der Waals surface area (Å²) >= 11 is 5.79. The Morgan fingerprint density at radius 3 is 2.74 bits per heavy atom.